The molecule has 0 aliphatic rings. The van der Waals surface area contributed by atoms with E-state index in [1.807, 2.05) is 0 Å². The van der Waals surface area contributed by atoms with E-state index in [0.717, 1.165) is 0 Å². The highest BCUT2D eigenvalue weighted by molar-refractivity contribution is 5.98. The van der Waals surface area contributed by atoms with Gasteiger partial charge in [0.05, 0.1) is 0 Å². The molecule has 0 aliphatic carbocycles. The van der Waals surface area contributed by atoms with E-state index in [4.69, 9.17) is 9.15 Å². The highest BCUT2D eigenvalue weighted by atomic mass is 19.4. The summed E-state index contributed by atoms with van der Waals surface area (Å²) in [6, 6.07) is 4.92. The Balaban J connectivity index is 2.07. The van der Waals surface area contributed by atoms with Crippen molar-refractivity contribution in [2.24, 2.45) is 0 Å². The zero-order valence-corrected chi connectivity index (χ0v) is 19.8. The zero-order chi connectivity index (χ0) is 26.4. The van der Waals surface area contributed by atoms with Crippen LogP contribution < -0.4 is 21.6 Å². The number of alkyl carbamates (subject to hydrolysis) is 1. The van der Waals surface area contributed by atoms with Gasteiger partial charge in [0.15, 0.2) is 0 Å². The lowest BCUT2D eigenvalue weighted by Crippen LogP contribution is -2.45. The van der Waals surface area contributed by atoms with Gasteiger partial charge in [0, 0.05) is 23.7 Å². The molecule has 12 heteroatoms. The van der Waals surface area contributed by atoms with Crippen LogP contribution in [0.5, 0.6) is 0 Å². The fourth-order valence-electron chi connectivity index (χ4n) is 3.12. The van der Waals surface area contributed by atoms with E-state index in [-0.39, 0.29) is 25.8 Å². The van der Waals surface area contributed by atoms with Crippen LogP contribution in [0.3, 0.4) is 0 Å². The van der Waals surface area contributed by atoms with E-state index in [9.17, 15) is 32.3 Å². The first-order valence-corrected chi connectivity index (χ1v) is 10.9. The van der Waals surface area contributed by atoms with Gasteiger partial charge in [-0.25, -0.2) is 9.59 Å². The molecular weight excluding hydrogens is 471 g/mol. The summed E-state index contributed by atoms with van der Waals surface area (Å²) in [4.78, 5) is 47.6. The molecular formula is C23H28F3N3O6. The van der Waals surface area contributed by atoms with E-state index in [2.05, 4.69) is 10.6 Å². The standard InChI is InChI=1S/C23H28F3N3O6/c1-13-11-18(30)34-17-9-8-14(12-15(13)17)28-19(31)16(29-21(33)35-22(2,3)4)7-5-6-10-27-20(32)23(24,25)26/h8-9,11-12,16H,5-7,10H2,1-4H3,(H,27,32)(H,28,31)(H,29,33). The van der Waals surface area contributed by atoms with Crippen molar-refractivity contribution in [2.45, 2.75) is 64.8 Å². The van der Waals surface area contributed by atoms with Crippen molar-refractivity contribution < 1.29 is 36.7 Å². The smallest absolute Gasteiger partial charge is 0.444 e. The molecule has 1 aromatic carbocycles. The molecule has 192 valence electrons. The molecule has 0 saturated heterocycles. The van der Waals surface area contributed by atoms with Gasteiger partial charge in [0.1, 0.15) is 17.2 Å². The van der Waals surface area contributed by atoms with Crippen molar-refractivity contribution >= 4 is 34.6 Å². The number of alkyl halides is 3. The van der Waals surface area contributed by atoms with E-state index >= 15 is 0 Å². The SMILES string of the molecule is Cc1cc(=O)oc2ccc(NC(=O)C(CCCCNC(=O)C(F)(F)F)NC(=O)OC(C)(C)C)cc12. The van der Waals surface area contributed by atoms with E-state index in [1.54, 1.807) is 39.1 Å². The lowest BCUT2D eigenvalue weighted by molar-refractivity contribution is -0.173. The minimum Gasteiger partial charge on any atom is -0.444 e. The van der Waals surface area contributed by atoms with E-state index in [1.165, 1.54) is 18.2 Å². The maximum Gasteiger partial charge on any atom is 0.471 e. The number of hydrogen-bond acceptors (Lipinski definition) is 6. The Bertz CT molecular complexity index is 1140. The molecule has 2 aromatic rings. The topological polar surface area (TPSA) is 127 Å². The number of hydrogen-bond donors (Lipinski definition) is 3. The molecule has 0 fully saturated rings. The molecule has 2 rings (SSSR count). The number of halogens is 3. The second kappa shape index (κ2) is 11.2. The number of carbonyl (C=O) groups is 3. The minimum absolute atomic E-state index is 0.0778. The van der Waals surface area contributed by atoms with Crippen LogP contribution in [0.15, 0.2) is 33.5 Å². The summed E-state index contributed by atoms with van der Waals surface area (Å²) in [6.45, 7) is 6.44. The first kappa shape index (κ1) is 27.7. The van der Waals surface area contributed by atoms with Gasteiger partial charge in [0.2, 0.25) is 5.91 Å². The monoisotopic (exact) mass is 499 g/mol. The predicted octanol–water partition coefficient (Wildman–Crippen LogP) is 3.78. The fourth-order valence-corrected chi connectivity index (χ4v) is 3.12. The highest BCUT2D eigenvalue weighted by Crippen LogP contribution is 2.21. The molecule has 9 nitrogen and oxygen atoms in total. The lowest BCUT2D eigenvalue weighted by atomic mass is 10.1. The van der Waals surface area contributed by atoms with Crippen LogP contribution in [0.25, 0.3) is 11.0 Å². The van der Waals surface area contributed by atoms with Gasteiger partial charge in [-0.3, -0.25) is 9.59 Å². The molecule has 0 saturated carbocycles. The van der Waals surface area contributed by atoms with Gasteiger partial charge in [0.25, 0.3) is 0 Å². The average molecular weight is 499 g/mol. The molecule has 1 heterocycles. The summed E-state index contributed by atoms with van der Waals surface area (Å²) in [7, 11) is 0. The predicted molar refractivity (Wildman–Crippen MR) is 122 cm³/mol. The number of carbonyl (C=O) groups excluding carboxylic acids is 3. The number of nitrogens with one attached hydrogen (secondary N) is 3. The summed E-state index contributed by atoms with van der Waals surface area (Å²) < 4.78 is 47.1. The van der Waals surface area contributed by atoms with Crippen molar-refractivity contribution in [1.82, 2.24) is 10.6 Å². The zero-order valence-electron chi connectivity index (χ0n) is 19.8. The Morgan fingerprint density at radius 3 is 2.40 bits per heavy atom. The second-order valence-corrected chi connectivity index (χ2v) is 8.90. The number of unbranched alkanes of at least 4 members (excludes halogenated alkanes) is 1. The molecule has 35 heavy (non-hydrogen) atoms. The quantitative estimate of drug-likeness (QED) is 0.375. The van der Waals surface area contributed by atoms with Crippen molar-refractivity contribution in [2.75, 3.05) is 11.9 Å². The second-order valence-electron chi connectivity index (χ2n) is 8.90. The third kappa shape index (κ3) is 8.95. The molecule has 0 spiro atoms. The van der Waals surface area contributed by atoms with Crippen LogP contribution in [0, 0.1) is 6.92 Å². The number of rotatable bonds is 8. The van der Waals surface area contributed by atoms with Gasteiger partial charge in [-0.1, -0.05) is 0 Å². The Hall–Kier alpha value is -3.57. The first-order chi connectivity index (χ1) is 16.2. The third-order valence-electron chi connectivity index (χ3n) is 4.69. The molecule has 3 amide bonds. The number of benzene rings is 1. The molecule has 0 bridgehead atoms. The Labute approximate surface area is 199 Å². The van der Waals surface area contributed by atoms with Gasteiger partial charge in [-0.05, 0) is 70.7 Å². The lowest BCUT2D eigenvalue weighted by Gasteiger charge is -2.23. The largest absolute Gasteiger partial charge is 0.471 e. The molecule has 1 aromatic heterocycles. The van der Waals surface area contributed by atoms with Crippen LogP contribution >= 0.6 is 0 Å². The molecule has 1 atom stereocenters. The van der Waals surface area contributed by atoms with Crippen molar-refractivity contribution in [3.05, 3.63) is 40.2 Å². The van der Waals surface area contributed by atoms with Gasteiger partial charge in [-0.2, -0.15) is 13.2 Å². The summed E-state index contributed by atoms with van der Waals surface area (Å²) in [5.74, 6) is -2.62. The summed E-state index contributed by atoms with van der Waals surface area (Å²) in [5.41, 5.74) is 0.0639. The Morgan fingerprint density at radius 2 is 1.77 bits per heavy atom. The summed E-state index contributed by atoms with van der Waals surface area (Å²) >= 11 is 0. The van der Waals surface area contributed by atoms with Gasteiger partial charge in [-0.15, -0.1) is 0 Å². The molecule has 0 radical (unpaired) electrons. The van der Waals surface area contributed by atoms with Crippen molar-refractivity contribution in [3.8, 4) is 0 Å². The van der Waals surface area contributed by atoms with Crippen molar-refractivity contribution in [3.63, 3.8) is 0 Å². The summed E-state index contributed by atoms with van der Waals surface area (Å²) in [6.07, 6.45) is -5.35. The van der Waals surface area contributed by atoms with Gasteiger partial charge >= 0.3 is 23.8 Å². The van der Waals surface area contributed by atoms with Crippen molar-refractivity contribution in [1.29, 1.82) is 0 Å². The van der Waals surface area contributed by atoms with Gasteiger partial charge < -0.3 is 25.1 Å². The van der Waals surface area contributed by atoms with Crippen LogP contribution in [0.2, 0.25) is 0 Å². The first-order valence-electron chi connectivity index (χ1n) is 10.9. The minimum atomic E-state index is -4.97. The number of aryl methyl sites for hydroxylation is 1. The van der Waals surface area contributed by atoms with E-state index < -0.39 is 41.4 Å². The maximum atomic E-state index is 12.9. The number of anilines is 1. The highest BCUT2D eigenvalue weighted by Gasteiger charge is 2.38. The number of amides is 3. The third-order valence-corrected chi connectivity index (χ3v) is 4.69. The number of fused-ring (bicyclic) bond motifs is 1. The van der Waals surface area contributed by atoms with E-state index in [0.29, 0.717) is 22.2 Å². The average Bonchev–Trinajstić information content (AvgIpc) is 2.70. The Kier molecular flexibility index (Phi) is 8.88. The van der Waals surface area contributed by atoms with Crippen LogP contribution in [0.1, 0.15) is 45.6 Å². The molecule has 3 N–H and O–H groups in total. The van der Waals surface area contributed by atoms with Crippen LogP contribution in [-0.2, 0) is 14.3 Å². The normalized spacial score (nSPS) is 12.7. The van der Waals surface area contributed by atoms with Crippen LogP contribution in [0.4, 0.5) is 23.7 Å². The summed E-state index contributed by atoms with van der Waals surface area (Å²) in [5, 5.41) is 7.52. The van der Waals surface area contributed by atoms with Crippen LogP contribution in [-0.4, -0.2) is 42.3 Å². The maximum absolute atomic E-state index is 12.9. The fraction of sp³-hybridized carbons (Fsp3) is 0.478. The molecule has 1 unspecified atom stereocenters. The Morgan fingerprint density at radius 1 is 1.09 bits per heavy atom. The number of ether oxygens (including phenoxy) is 1. The molecule has 0 aliphatic heterocycles.